The summed E-state index contributed by atoms with van der Waals surface area (Å²) < 4.78 is 51.4. The summed E-state index contributed by atoms with van der Waals surface area (Å²) in [6, 6.07) is 0.465. The summed E-state index contributed by atoms with van der Waals surface area (Å²) in [5.41, 5.74) is 3.87. The second kappa shape index (κ2) is 6.43. The molecule has 1 aromatic carbocycles. The third kappa shape index (κ3) is 3.91. The molecule has 5 nitrogen and oxygen atoms in total. The van der Waals surface area contributed by atoms with Gasteiger partial charge in [0, 0.05) is 18.7 Å². The van der Waals surface area contributed by atoms with E-state index in [1.165, 1.54) is 4.90 Å². The van der Waals surface area contributed by atoms with Crippen LogP contribution in [0.2, 0.25) is 0 Å². The van der Waals surface area contributed by atoms with Crippen LogP contribution >= 0.6 is 0 Å². The number of carbonyl (C=O) groups is 2. The van der Waals surface area contributed by atoms with E-state index < -0.39 is 42.1 Å². The molecule has 1 unspecified atom stereocenters. The Morgan fingerprint density at radius 2 is 2.04 bits per heavy atom. The van der Waals surface area contributed by atoms with Gasteiger partial charge in [-0.1, -0.05) is 0 Å². The first-order valence-electron chi connectivity index (χ1n) is 6.89. The van der Waals surface area contributed by atoms with Crippen molar-refractivity contribution in [3.63, 3.8) is 0 Å². The molecule has 9 heteroatoms. The van der Waals surface area contributed by atoms with Gasteiger partial charge < -0.3 is 16.0 Å². The third-order valence-corrected chi connectivity index (χ3v) is 3.66. The zero-order chi connectivity index (χ0) is 17.2. The maximum atomic E-state index is 13.6. The Kier molecular flexibility index (Phi) is 4.76. The first-order chi connectivity index (χ1) is 10.7. The fourth-order valence-corrected chi connectivity index (χ4v) is 2.49. The van der Waals surface area contributed by atoms with Gasteiger partial charge in [0.05, 0.1) is 5.56 Å². The van der Waals surface area contributed by atoms with Crippen molar-refractivity contribution in [2.45, 2.75) is 31.6 Å². The van der Waals surface area contributed by atoms with E-state index >= 15 is 0 Å². The van der Waals surface area contributed by atoms with Crippen molar-refractivity contribution in [1.29, 1.82) is 0 Å². The molecule has 0 spiro atoms. The van der Waals surface area contributed by atoms with Gasteiger partial charge in [-0.05, 0) is 31.0 Å². The van der Waals surface area contributed by atoms with E-state index in [2.05, 4.69) is 5.32 Å². The number of nitrogens with zero attached hydrogens (tertiary/aromatic N) is 1. The predicted octanol–water partition coefficient (Wildman–Crippen LogP) is 2.00. The highest BCUT2D eigenvalue weighted by Crippen LogP contribution is 2.30. The Morgan fingerprint density at radius 3 is 2.65 bits per heavy atom. The molecule has 0 radical (unpaired) electrons. The lowest BCUT2D eigenvalue weighted by molar-refractivity contribution is -0.137. The van der Waals surface area contributed by atoms with Crippen LogP contribution in [0, 0.1) is 5.82 Å². The fraction of sp³-hybridized carbons (Fsp3) is 0.429. The molecule has 0 bridgehead atoms. The summed E-state index contributed by atoms with van der Waals surface area (Å²) in [5.74, 6) is -1.42. The Hall–Kier alpha value is -2.32. The minimum atomic E-state index is -4.60. The number of hydrogen-bond acceptors (Lipinski definition) is 2. The highest BCUT2D eigenvalue weighted by Gasteiger charge is 2.33. The van der Waals surface area contributed by atoms with Gasteiger partial charge in [-0.2, -0.15) is 13.2 Å². The summed E-state index contributed by atoms with van der Waals surface area (Å²) in [5, 5.41) is 2.35. The SMILES string of the molecule is NC(=O)N1CCCC1C(=O)NCc1cc(C(F)(F)F)ccc1F. The molecule has 1 aliphatic rings. The number of nitrogens with two attached hydrogens (primary N) is 1. The van der Waals surface area contributed by atoms with Crippen molar-refractivity contribution in [2.75, 3.05) is 6.54 Å². The maximum Gasteiger partial charge on any atom is 0.416 e. The van der Waals surface area contributed by atoms with E-state index in [1.54, 1.807) is 0 Å². The highest BCUT2D eigenvalue weighted by atomic mass is 19.4. The van der Waals surface area contributed by atoms with Crippen LogP contribution in [0.15, 0.2) is 18.2 Å². The number of carbonyl (C=O) groups excluding carboxylic acids is 2. The minimum Gasteiger partial charge on any atom is -0.351 e. The summed E-state index contributed by atoms with van der Waals surface area (Å²) in [6.07, 6.45) is -3.60. The van der Waals surface area contributed by atoms with Gasteiger partial charge in [0.1, 0.15) is 11.9 Å². The fourth-order valence-electron chi connectivity index (χ4n) is 2.49. The van der Waals surface area contributed by atoms with Crippen molar-refractivity contribution < 1.29 is 27.2 Å². The zero-order valence-electron chi connectivity index (χ0n) is 12.0. The van der Waals surface area contributed by atoms with E-state index in [1.807, 2.05) is 0 Å². The molecule has 0 aromatic heterocycles. The quantitative estimate of drug-likeness (QED) is 0.830. The average molecular weight is 333 g/mol. The molecule has 23 heavy (non-hydrogen) atoms. The lowest BCUT2D eigenvalue weighted by atomic mass is 10.1. The molecule has 0 aliphatic carbocycles. The smallest absolute Gasteiger partial charge is 0.351 e. The molecular formula is C14H15F4N3O2. The van der Waals surface area contributed by atoms with Crippen LogP contribution in [-0.4, -0.2) is 29.4 Å². The average Bonchev–Trinajstić information content (AvgIpc) is 2.94. The van der Waals surface area contributed by atoms with E-state index in [9.17, 15) is 27.2 Å². The number of benzene rings is 1. The molecule has 1 aliphatic heterocycles. The van der Waals surface area contributed by atoms with Crippen molar-refractivity contribution in [2.24, 2.45) is 5.73 Å². The standard InChI is InChI=1S/C14H15F4N3O2/c15-10-4-3-9(14(16,17)18)6-8(10)7-20-12(22)11-2-1-5-21(11)13(19)23/h3-4,6,11H,1-2,5,7H2,(H2,19,23)(H,20,22). The molecule has 3 N–H and O–H groups in total. The number of likely N-dealkylation sites (tertiary alicyclic amines) is 1. The molecule has 3 amide bonds. The number of nitrogens with one attached hydrogen (secondary N) is 1. The molecule has 1 heterocycles. The number of alkyl halides is 3. The number of amides is 3. The molecular weight excluding hydrogens is 318 g/mol. The van der Waals surface area contributed by atoms with Crippen LogP contribution in [0.5, 0.6) is 0 Å². The van der Waals surface area contributed by atoms with Crippen LogP contribution in [0.1, 0.15) is 24.0 Å². The lowest BCUT2D eigenvalue weighted by Gasteiger charge is -2.21. The van der Waals surface area contributed by atoms with Crippen molar-refractivity contribution >= 4 is 11.9 Å². The number of urea groups is 1. The number of rotatable bonds is 3. The molecule has 2 rings (SSSR count). The third-order valence-electron chi connectivity index (χ3n) is 3.66. The molecule has 1 fully saturated rings. The van der Waals surface area contributed by atoms with Gasteiger partial charge in [0.15, 0.2) is 0 Å². The van der Waals surface area contributed by atoms with Gasteiger partial charge >= 0.3 is 12.2 Å². The van der Waals surface area contributed by atoms with E-state index in [-0.39, 0.29) is 5.56 Å². The van der Waals surface area contributed by atoms with Crippen molar-refractivity contribution in [3.8, 4) is 0 Å². The van der Waals surface area contributed by atoms with Crippen molar-refractivity contribution in [3.05, 3.63) is 35.1 Å². The zero-order valence-corrected chi connectivity index (χ0v) is 12.0. The largest absolute Gasteiger partial charge is 0.416 e. The first-order valence-corrected chi connectivity index (χ1v) is 6.89. The Morgan fingerprint density at radius 1 is 1.35 bits per heavy atom. The second-order valence-electron chi connectivity index (χ2n) is 5.21. The van der Waals surface area contributed by atoms with Gasteiger partial charge in [-0.25, -0.2) is 9.18 Å². The van der Waals surface area contributed by atoms with E-state index in [0.29, 0.717) is 37.6 Å². The van der Waals surface area contributed by atoms with Gasteiger partial charge in [0.25, 0.3) is 0 Å². The molecule has 126 valence electrons. The normalized spacial score (nSPS) is 18.1. The van der Waals surface area contributed by atoms with Crippen LogP contribution in [0.25, 0.3) is 0 Å². The molecule has 0 saturated carbocycles. The number of halogens is 4. The van der Waals surface area contributed by atoms with Gasteiger partial charge in [-0.15, -0.1) is 0 Å². The van der Waals surface area contributed by atoms with Crippen LogP contribution < -0.4 is 11.1 Å². The van der Waals surface area contributed by atoms with E-state index in [0.717, 1.165) is 0 Å². The first kappa shape index (κ1) is 17.0. The number of hydrogen-bond donors (Lipinski definition) is 2. The maximum absolute atomic E-state index is 13.6. The van der Waals surface area contributed by atoms with Crippen LogP contribution in [0.3, 0.4) is 0 Å². The summed E-state index contributed by atoms with van der Waals surface area (Å²) in [6.45, 7) is -0.0664. The van der Waals surface area contributed by atoms with Crippen molar-refractivity contribution in [1.82, 2.24) is 10.2 Å². The Labute approximate surface area is 129 Å². The Balaban J connectivity index is 2.06. The number of primary amides is 1. The van der Waals surface area contributed by atoms with Gasteiger partial charge in [0.2, 0.25) is 5.91 Å². The van der Waals surface area contributed by atoms with Gasteiger partial charge in [-0.3, -0.25) is 4.79 Å². The topological polar surface area (TPSA) is 75.4 Å². The highest BCUT2D eigenvalue weighted by molar-refractivity contribution is 5.87. The molecule has 1 aromatic rings. The Bertz CT molecular complexity index is 619. The van der Waals surface area contributed by atoms with Crippen LogP contribution in [-0.2, 0) is 17.5 Å². The summed E-state index contributed by atoms with van der Waals surface area (Å²) in [7, 11) is 0. The monoisotopic (exact) mass is 333 g/mol. The molecule has 1 saturated heterocycles. The predicted molar refractivity (Wildman–Crippen MR) is 72.6 cm³/mol. The summed E-state index contributed by atoms with van der Waals surface area (Å²) in [4.78, 5) is 24.4. The lowest BCUT2D eigenvalue weighted by Crippen LogP contribution is -2.47. The second-order valence-corrected chi connectivity index (χ2v) is 5.21. The minimum absolute atomic E-state index is 0.281. The van der Waals surface area contributed by atoms with E-state index in [4.69, 9.17) is 5.73 Å². The van der Waals surface area contributed by atoms with Crippen LogP contribution in [0.4, 0.5) is 22.4 Å². The summed E-state index contributed by atoms with van der Waals surface area (Å²) >= 11 is 0. The molecule has 1 atom stereocenters.